The fraction of sp³-hybridized carbons (Fsp3) is 0.500. The molecule has 1 aromatic carbocycles. The maximum atomic E-state index is 13.9. The number of nitrogens with zero attached hydrogens (tertiary/aromatic N) is 1. The Morgan fingerprint density at radius 2 is 1.94 bits per heavy atom. The second kappa shape index (κ2) is 6.32. The predicted octanol–water partition coefficient (Wildman–Crippen LogP) is 4.09. The van der Waals surface area contributed by atoms with Gasteiger partial charge >= 0.3 is 0 Å². The van der Waals surface area contributed by atoms with Crippen LogP contribution < -0.4 is 0 Å². The molecule has 0 fully saturated rings. The highest BCUT2D eigenvalue weighted by atomic mass is 79.9. The number of halogens is 2. The summed E-state index contributed by atoms with van der Waals surface area (Å²) < 4.78 is 14.2. The van der Waals surface area contributed by atoms with Crippen LogP contribution in [0.15, 0.2) is 22.7 Å². The first-order valence-corrected chi connectivity index (χ1v) is 6.88. The number of rotatable bonds is 4. The maximum absolute atomic E-state index is 13.9. The summed E-state index contributed by atoms with van der Waals surface area (Å²) in [7, 11) is 0. The molecule has 1 aromatic rings. The minimum atomic E-state index is -0.489. The van der Waals surface area contributed by atoms with Gasteiger partial charge in [-0.05, 0) is 47.8 Å². The molecule has 0 spiro atoms. The van der Waals surface area contributed by atoms with Crippen molar-refractivity contribution in [2.45, 2.75) is 33.7 Å². The molecule has 0 N–H and O–H groups in total. The minimum absolute atomic E-state index is 0.0540. The van der Waals surface area contributed by atoms with Crippen LogP contribution in [-0.2, 0) is 0 Å². The van der Waals surface area contributed by atoms with E-state index in [9.17, 15) is 9.18 Å². The normalized spacial score (nSPS) is 11.1. The van der Waals surface area contributed by atoms with Crippen molar-refractivity contribution in [3.63, 3.8) is 0 Å². The van der Waals surface area contributed by atoms with Gasteiger partial charge in [0.25, 0.3) is 5.91 Å². The van der Waals surface area contributed by atoms with Crippen molar-refractivity contribution in [3.05, 3.63) is 34.1 Å². The van der Waals surface area contributed by atoms with Crippen LogP contribution in [0.25, 0.3) is 0 Å². The van der Waals surface area contributed by atoms with Gasteiger partial charge in [-0.2, -0.15) is 0 Å². The zero-order valence-corrected chi connectivity index (χ0v) is 12.8. The summed E-state index contributed by atoms with van der Waals surface area (Å²) in [5, 5.41) is 0. The highest BCUT2D eigenvalue weighted by molar-refractivity contribution is 9.10. The second-order valence-electron chi connectivity index (χ2n) is 5.05. The van der Waals surface area contributed by atoms with Gasteiger partial charge in [0.1, 0.15) is 5.82 Å². The number of carbonyl (C=O) groups excluding carboxylic acids is 1. The smallest absolute Gasteiger partial charge is 0.257 e. The summed E-state index contributed by atoms with van der Waals surface area (Å²) in [4.78, 5) is 14.1. The molecule has 0 atom stereocenters. The van der Waals surface area contributed by atoms with Crippen LogP contribution in [0.2, 0.25) is 0 Å². The quantitative estimate of drug-likeness (QED) is 0.819. The van der Waals surface area contributed by atoms with Crippen LogP contribution in [0.3, 0.4) is 0 Å². The highest BCUT2D eigenvalue weighted by Gasteiger charge is 2.23. The van der Waals surface area contributed by atoms with E-state index in [4.69, 9.17) is 0 Å². The average molecular weight is 316 g/mol. The van der Waals surface area contributed by atoms with Crippen LogP contribution >= 0.6 is 15.9 Å². The van der Waals surface area contributed by atoms with Gasteiger partial charge in [-0.15, -0.1) is 0 Å². The number of hydrogen-bond donors (Lipinski definition) is 0. The summed E-state index contributed by atoms with van der Waals surface area (Å²) in [6.07, 6.45) is 0. The molecule has 0 radical (unpaired) electrons. The molecule has 2 nitrogen and oxygen atoms in total. The van der Waals surface area contributed by atoms with Crippen molar-refractivity contribution in [2.75, 3.05) is 6.54 Å². The average Bonchev–Trinajstić information content (AvgIpc) is 2.28. The van der Waals surface area contributed by atoms with Gasteiger partial charge in [-0.3, -0.25) is 4.79 Å². The Morgan fingerprint density at radius 1 is 1.33 bits per heavy atom. The van der Waals surface area contributed by atoms with E-state index in [1.165, 1.54) is 6.07 Å². The van der Waals surface area contributed by atoms with Crippen LogP contribution in [0.4, 0.5) is 4.39 Å². The van der Waals surface area contributed by atoms with E-state index < -0.39 is 5.82 Å². The molecule has 0 saturated heterocycles. The van der Waals surface area contributed by atoms with Gasteiger partial charge in [0.05, 0.1) is 10.0 Å². The Labute approximate surface area is 116 Å². The van der Waals surface area contributed by atoms with Gasteiger partial charge in [0.15, 0.2) is 0 Å². The van der Waals surface area contributed by atoms with Crippen LogP contribution in [0.1, 0.15) is 38.1 Å². The Balaban J connectivity index is 3.06. The fourth-order valence-electron chi connectivity index (χ4n) is 1.75. The molecule has 0 aliphatic heterocycles. The van der Waals surface area contributed by atoms with E-state index in [2.05, 4.69) is 15.9 Å². The molecule has 0 aromatic heterocycles. The van der Waals surface area contributed by atoms with Crippen molar-refractivity contribution >= 4 is 21.8 Å². The molecule has 1 rings (SSSR count). The predicted molar refractivity (Wildman–Crippen MR) is 75.1 cm³/mol. The molecule has 0 bridgehead atoms. The molecule has 0 aliphatic rings. The van der Waals surface area contributed by atoms with Crippen LogP contribution in [-0.4, -0.2) is 23.4 Å². The Kier molecular flexibility index (Phi) is 5.32. The summed E-state index contributed by atoms with van der Waals surface area (Å²) in [5.74, 6) is -0.388. The van der Waals surface area contributed by atoms with Crippen LogP contribution in [0, 0.1) is 11.7 Å². The van der Waals surface area contributed by atoms with Gasteiger partial charge in [-0.1, -0.05) is 19.9 Å². The summed E-state index contributed by atoms with van der Waals surface area (Å²) >= 11 is 3.11. The monoisotopic (exact) mass is 315 g/mol. The largest absolute Gasteiger partial charge is 0.336 e. The molecular formula is C14H19BrFNO. The van der Waals surface area contributed by atoms with Gasteiger partial charge in [-0.25, -0.2) is 4.39 Å². The van der Waals surface area contributed by atoms with Crippen molar-refractivity contribution < 1.29 is 9.18 Å². The first kappa shape index (κ1) is 15.2. The van der Waals surface area contributed by atoms with E-state index in [1.807, 2.05) is 27.7 Å². The lowest BCUT2D eigenvalue weighted by molar-refractivity contribution is 0.0677. The fourth-order valence-corrected chi connectivity index (χ4v) is 2.11. The van der Waals surface area contributed by atoms with Crippen LogP contribution in [0.5, 0.6) is 0 Å². The Morgan fingerprint density at radius 3 is 2.44 bits per heavy atom. The molecule has 4 heteroatoms. The molecule has 0 heterocycles. The summed E-state index contributed by atoms with van der Waals surface area (Å²) in [6.45, 7) is 8.59. The van der Waals surface area contributed by atoms with E-state index in [1.54, 1.807) is 17.0 Å². The SMILES string of the molecule is CC(C)CN(C(=O)c1cccc(Br)c1F)C(C)C. The first-order chi connectivity index (χ1) is 8.34. The van der Waals surface area contributed by atoms with Gasteiger partial charge in [0, 0.05) is 12.6 Å². The van der Waals surface area contributed by atoms with Crippen molar-refractivity contribution in [1.29, 1.82) is 0 Å². The van der Waals surface area contributed by atoms with E-state index in [-0.39, 0.29) is 17.5 Å². The van der Waals surface area contributed by atoms with Crippen molar-refractivity contribution in [1.82, 2.24) is 4.90 Å². The summed E-state index contributed by atoms with van der Waals surface area (Å²) in [6, 6.07) is 4.85. The highest BCUT2D eigenvalue weighted by Crippen LogP contribution is 2.21. The first-order valence-electron chi connectivity index (χ1n) is 6.09. The minimum Gasteiger partial charge on any atom is -0.336 e. The number of hydrogen-bond acceptors (Lipinski definition) is 1. The third-order valence-electron chi connectivity index (χ3n) is 2.63. The number of carbonyl (C=O) groups is 1. The number of benzene rings is 1. The standard InChI is InChI=1S/C14H19BrFNO/c1-9(2)8-17(10(3)4)14(18)11-6-5-7-12(15)13(11)16/h5-7,9-10H,8H2,1-4H3. The maximum Gasteiger partial charge on any atom is 0.257 e. The summed E-state index contributed by atoms with van der Waals surface area (Å²) in [5.41, 5.74) is 0.124. The Bertz CT molecular complexity index is 432. The zero-order chi connectivity index (χ0) is 13.9. The molecule has 1 amide bonds. The molecule has 100 valence electrons. The third-order valence-corrected chi connectivity index (χ3v) is 3.24. The Hall–Kier alpha value is -0.900. The third kappa shape index (κ3) is 3.55. The molecule has 0 saturated carbocycles. The molecule has 18 heavy (non-hydrogen) atoms. The second-order valence-corrected chi connectivity index (χ2v) is 5.90. The molecule has 0 aliphatic carbocycles. The topological polar surface area (TPSA) is 20.3 Å². The lowest BCUT2D eigenvalue weighted by Gasteiger charge is -2.28. The molecule has 0 unspecified atom stereocenters. The lowest BCUT2D eigenvalue weighted by atomic mass is 10.1. The molecular weight excluding hydrogens is 297 g/mol. The van der Waals surface area contributed by atoms with E-state index >= 15 is 0 Å². The van der Waals surface area contributed by atoms with Crippen molar-refractivity contribution in [3.8, 4) is 0 Å². The van der Waals surface area contributed by atoms with E-state index in [0.717, 1.165) is 0 Å². The van der Waals surface area contributed by atoms with Gasteiger partial charge in [0.2, 0.25) is 0 Å². The van der Waals surface area contributed by atoms with Gasteiger partial charge < -0.3 is 4.90 Å². The zero-order valence-electron chi connectivity index (χ0n) is 11.2. The van der Waals surface area contributed by atoms with Crippen molar-refractivity contribution in [2.24, 2.45) is 5.92 Å². The lowest BCUT2D eigenvalue weighted by Crippen LogP contribution is -2.39. The number of amides is 1. The van der Waals surface area contributed by atoms with E-state index in [0.29, 0.717) is 16.9 Å².